The number of carbonyl (C=O) groups excluding carboxylic acids is 1. The highest BCUT2D eigenvalue weighted by Crippen LogP contribution is 2.24. The van der Waals surface area contributed by atoms with E-state index in [4.69, 9.17) is 44.3 Å². The van der Waals surface area contributed by atoms with E-state index in [0.29, 0.717) is 35.8 Å². The molecule has 8 heteroatoms. The second-order valence-corrected chi connectivity index (χ2v) is 17.9. The van der Waals surface area contributed by atoms with Crippen LogP contribution < -0.4 is 0 Å². The van der Waals surface area contributed by atoms with E-state index in [0.717, 1.165) is 45.3 Å². The lowest BCUT2D eigenvalue weighted by Crippen LogP contribution is -2.21. The second-order valence-electron chi connectivity index (χ2n) is 17.0. The molecule has 0 spiro atoms. The Balaban J connectivity index is 0.000000210. The topological polar surface area (TPSA) is 82.6 Å². The number of Topliss-reactive ketones (excluding diaryl/α,β-unsaturated/α-hetero) is 1. The number of hydrogen-bond acceptors (Lipinski definition) is 5. The molecule has 63 heavy (non-hydrogen) atoms. The highest BCUT2D eigenvalue weighted by atomic mass is 35.5. The van der Waals surface area contributed by atoms with Crippen molar-refractivity contribution in [3.63, 3.8) is 0 Å². The van der Waals surface area contributed by atoms with Crippen LogP contribution in [0.4, 0.5) is 0 Å². The number of hydrogen-bond donors (Lipinski definition) is 2. The first-order valence-corrected chi connectivity index (χ1v) is 24.0. The Kier molecular flexibility index (Phi) is 26.8. The highest BCUT2D eigenvalue weighted by molar-refractivity contribution is 6.27. The number of benzene rings is 5. The van der Waals surface area contributed by atoms with E-state index in [9.17, 15) is 15.0 Å². The average Bonchev–Trinajstić information content (AvgIpc) is 4.26. The van der Waals surface area contributed by atoms with Gasteiger partial charge < -0.3 is 19.7 Å². The zero-order chi connectivity index (χ0) is 45.8. The summed E-state index contributed by atoms with van der Waals surface area (Å²) >= 11 is 16.6. The van der Waals surface area contributed by atoms with E-state index in [-0.39, 0.29) is 29.4 Å². The zero-order valence-corrected chi connectivity index (χ0v) is 40.2. The molecule has 2 fully saturated rings. The van der Waals surface area contributed by atoms with Gasteiger partial charge >= 0.3 is 0 Å². The van der Waals surface area contributed by atoms with Crippen LogP contribution in [-0.2, 0) is 46.4 Å². The van der Waals surface area contributed by atoms with Crippen LogP contribution in [-0.4, -0.2) is 71.3 Å². The van der Waals surface area contributed by atoms with E-state index in [1.165, 1.54) is 27.8 Å². The lowest BCUT2D eigenvalue weighted by atomic mass is 9.97. The minimum atomic E-state index is -0.401. The molecule has 5 aromatic rings. The fourth-order valence-corrected chi connectivity index (χ4v) is 7.64. The molecule has 2 aliphatic rings. The van der Waals surface area contributed by atoms with Gasteiger partial charge in [-0.3, -0.25) is 4.79 Å². The summed E-state index contributed by atoms with van der Waals surface area (Å²) in [7, 11) is 0. The third kappa shape index (κ3) is 23.8. The van der Waals surface area contributed by atoms with Gasteiger partial charge in [0.15, 0.2) is 5.78 Å². The van der Waals surface area contributed by atoms with Crippen LogP contribution in [0.2, 0.25) is 0 Å². The Morgan fingerprint density at radius 1 is 0.476 bits per heavy atom. The third-order valence-corrected chi connectivity index (χ3v) is 12.2. The summed E-state index contributed by atoms with van der Waals surface area (Å²) in [6.07, 6.45) is 5.10. The molecule has 9 atom stereocenters. The van der Waals surface area contributed by atoms with Gasteiger partial charge in [0.1, 0.15) is 0 Å². The molecule has 2 N–H and O–H groups in total. The fraction of sp³-hybridized carbons (Fsp3) is 0.436. The summed E-state index contributed by atoms with van der Waals surface area (Å²) in [6, 6.07) is 51.5. The van der Waals surface area contributed by atoms with Crippen LogP contribution in [0.25, 0.3) is 0 Å². The van der Waals surface area contributed by atoms with E-state index < -0.39 is 12.2 Å². The maximum absolute atomic E-state index is 11.2. The van der Waals surface area contributed by atoms with E-state index in [2.05, 4.69) is 98.8 Å². The molecule has 0 aromatic heterocycles. The van der Waals surface area contributed by atoms with Gasteiger partial charge in [0.25, 0.3) is 0 Å². The molecule has 0 amide bonds. The molecule has 0 saturated carbocycles. The van der Waals surface area contributed by atoms with Crippen LogP contribution in [0.15, 0.2) is 152 Å². The van der Waals surface area contributed by atoms with Crippen molar-refractivity contribution in [2.45, 2.75) is 91.1 Å². The number of epoxide rings is 2. The Morgan fingerprint density at radius 2 is 0.730 bits per heavy atom. The van der Waals surface area contributed by atoms with Crippen LogP contribution in [0.5, 0.6) is 0 Å². The fourth-order valence-electron chi connectivity index (χ4n) is 6.76. The number of aliphatic hydroxyl groups is 2. The number of aliphatic hydroxyl groups excluding tert-OH is 2. The third-order valence-electron chi connectivity index (χ3n) is 11.3. The van der Waals surface area contributed by atoms with Crippen LogP contribution in [0.3, 0.4) is 0 Å². The number of ether oxygens (including phenoxy) is 2. The second kappa shape index (κ2) is 31.4. The minimum absolute atomic E-state index is 0.0277. The van der Waals surface area contributed by atoms with Gasteiger partial charge in [0, 0.05) is 17.7 Å². The van der Waals surface area contributed by atoms with Crippen LogP contribution in [0, 0.1) is 29.6 Å². The van der Waals surface area contributed by atoms with E-state index in [1.54, 1.807) is 0 Å². The number of halogens is 3. The van der Waals surface area contributed by atoms with Crippen molar-refractivity contribution in [1.29, 1.82) is 0 Å². The number of rotatable bonds is 18. The maximum Gasteiger partial charge on any atom is 0.150 e. The molecule has 2 heterocycles. The van der Waals surface area contributed by atoms with Crippen molar-refractivity contribution in [2.24, 2.45) is 29.6 Å². The molecule has 5 nitrogen and oxygen atoms in total. The Bertz CT molecular complexity index is 1750. The lowest BCUT2D eigenvalue weighted by Gasteiger charge is -2.15. The molecular weight excluding hydrogens is 847 g/mol. The predicted octanol–water partition coefficient (Wildman–Crippen LogP) is 12.1. The first-order chi connectivity index (χ1) is 30.4. The molecule has 2 saturated heterocycles. The summed E-state index contributed by atoms with van der Waals surface area (Å²) in [4.78, 5) is 11.2. The van der Waals surface area contributed by atoms with Crippen molar-refractivity contribution >= 4 is 40.6 Å². The molecule has 7 rings (SSSR count). The SMILES string of the molecule is C[C@@H](Cc1ccccc1)C(=O)CCl.C[C@@H](Cc1ccccc1)[C@@H](O)CCl.C[C@@H](Cc1ccccc1)[C@@H]1CO1.C[C@@H](Cc1ccccc1)[C@H](O)CCl.C[C@@H](Cc1ccccc1)[C@H]1CO1. The Labute approximate surface area is 394 Å². The molecule has 0 aliphatic carbocycles. The summed E-state index contributed by atoms with van der Waals surface area (Å²) in [5, 5.41) is 18.9. The Morgan fingerprint density at radius 3 is 0.968 bits per heavy atom. The standard InChI is InChI=1S/2C11H15ClO.C11H13ClO.2C11H14O/c3*1-9(11(13)8-12)7-10-5-3-2-4-6-10;2*1-9(11-8-12-11)7-10-5-3-2-4-6-10/h2*2-6,9,11,13H,7-8H2,1H3;2-6,9H,7-8H2,1H3;2*2-6,9,11H,7-8H2,1H3/t9-,11+;9-,11-;9-;9-,11+;9-,11-/m00000/s1. The molecule has 0 bridgehead atoms. The molecule has 342 valence electrons. The Hall–Kier alpha value is -3.52. The summed E-state index contributed by atoms with van der Waals surface area (Å²) in [5.41, 5.74) is 6.52. The van der Waals surface area contributed by atoms with Crippen molar-refractivity contribution in [3.05, 3.63) is 179 Å². The van der Waals surface area contributed by atoms with Gasteiger partial charge in [-0.15, -0.1) is 34.8 Å². The predicted molar refractivity (Wildman–Crippen MR) is 265 cm³/mol. The molecule has 0 unspecified atom stereocenters. The van der Waals surface area contributed by atoms with Gasteiger partial charge in [-0.1, -0.05) is 186 Å². The molecule has 5 aromatic carbocycles. The number of carbonyl (C=O) groups is 1. The molecule has 0 radical (unpaired) electrons. The quantitative estimate of drug-likeness (QED) is 0.0676. The molecule has 2 aliphatic heterocycles. The summed E-state index contributed by atoms with van der Waals surface area (Å²) in [6.45, 7) is 12.4. The summed E-state index contributed by atoms with van der Waals surface area (Å²) in [5.74, 6) is 2.68. The van der Waals surface area contributed by atoms with Crippen molar-refractivity contribution in [1.82, 2.24) is 0 Å². The van der Waals surface area contributed by atoms with Crippen LogP contribution in [0.1, 0.15) is 62.4 Å². The highest BCUT2D eigenvalue weighted by Gasteiger charge is 2.29. The van der Waals surface area contributed by atoms with Gasteiger partial charge in [-0.2, -0.15) is 0 Å². The number of ketones is 1. The normalized spacial score (nSPS) is 17.9. The first kappa shape index (κ1) is 53.8. The summed E-state index contributed by atoms with van der Waals surface area (Å²) < 4.78 is 10.5. The van der Waals surface area contributed by atoms with Crippen molar-refractivity contribution in [3.8, 4) is 0 Å². The first-order valence-electron chi connectivity index (χ1n) is 22.4. The van der Waals surface area contributed by atoms with Gasteiger partial charge in [-0.05, 0) is 83.6 Å². The lowest BCUT2D eigenvalue weighted by molar-refractivity contribution is -0.119. The van der Waals surface area contributed by atoms with Gasteiger partial charge in [0.2, 0.25) is 0 Å². The van der Waals surface area contributed by atoms with E-state index in [1.807, 2.05) is 87.5 Å². The van der Waals surface area contributed by atoms with Crippen molar-refractivity contribution < 1.29 is 24.5 Å². The zero-order valence-electron chi connectivity index (χ0n) is 38.0. The van der Waals surface area contributed by atoms with Crippen LogP contribution >= 0.6 is 34.8 Å². The monoisotopic (exact) mass is 916 g/mol. The minimum Gasteiger partial charge on any atom is -0.392 e. The number of alkyl halides is 3. The smallest absolute Gasteiger partial charge is 0.150 e. The van der Waals surface area contributed by atoms with Gasteiger partial charge in [-0.25, -0.2) is 0 Å². The molecular formula is C55H71Cl3O5. The largest absolute Gasteiger partial charge is 0.392 e. The maximum atomic E-state index is 11.2. The average molecular weight is 919 g/mol. The van der Waals surface area contributed by atoms with E-state index >= 15 is 0 Å². The van der Waals surface area contributed by atoms with Crippen molar-refractivity contribution in [2.75, 3.05) is 30.9 Å². The van der Waals surface area contributed by atoms with Gasteiger partial charge in [0.05, 0.1) is 43.5 Å².